The molecular formula is C56H35N3S. The summed E-state index contributed by atoms with van der Waals surface area (Å²) in [6.07, 6.45) is 1.91. The minimum absolute atomic E-state index is 0.553. The molecule has 8 aromatic carbocycles. The Balaban J connectivity index is 1.11. The number of para-hydroxylation sites is 1. The summed E-state index contributed by atoms with van der Waals surface area (Å²) in [4.78, 5) is 17.6. The fourth-order valence-corrected chi connectivity index (χ4v) is 11.1. The maximum atomic E-state index is 5.38. The normalized spacial score (nSPS) is 13.1. The molecule has 0 N–H and O–H groups in total. The van der Waals surface area contributed by atoms with E-state index in [2.05, 4.69) is 193 Å². The number of fused-ring (bicyclic) bond motifs is 10. The largest absolute Gasteiger partial charge is 0.256 e. The number of hydrogen-bond acceptors (Lipinski definition) is 4. The van der Waals surface area contributed by atoms with E-state index in [4.69, 9.17) is 9.97 Å². The van der Waals surface area contributed by atoms with Crippen molar-refractivity contribution in [3.8, 4) is 67.3 Å². The average molecular weight is 782 g/mol. The molecule has 0 fully saturated rings. The Morgan fingerprint density at radius 1 is 0.350 bits per heavy atom. The van der Waals surface area contributed by atoms with Crippen LogP contribution in [0.15, 0.2) is 222 Å². The van der Waals surface area contributed by atoms with E-state index in [1.165, 1.54) is 65.4 Å². The number of pyridine rings is 1. The van der Waals surface area contributed by atoms with Crippen LogP contribution in [0, 0.1) is 0 Å². The van der Waals surface area contributed by atoms with Gasteiger partial charge in [0.25, 0.3) is 0 Å². The molecule has 0 bridgehead atoms. The minimum atomic E-state index is -0.553. The van der Waals surface area contributed by atoms with Gasteiger partial charge in [-0.15, -0.1) is 0 Å². The summed E-state index contributed by atoms with van der Waals surface area (Å²) in [5, 5.41) is 1.15. The first-order valence-electron chi connectivity index (χ1n) is 20.3. The summed E-state index contributed by atoms with van der Waals surface area (Å²) in [7, 11) is 0. The molecule has 4 heteroatoms. The number of rotatable bonds is 5. The molecule has 2 aromatic heterocycles. The lowest BCUT2D eigenvalue weighted by Gasteiger charge is -2.41. The zero-order chi connectivity index (χ0) is 39.6. The Morgan fingerprint density at radius 3 is 1.57 bits per heavy atom. The van der Waals surface area contributed by atoms with Gasteiger partial charge in [-0.2, -0.15) is 0 Å². The van der Waals surface area contributed by atoms with E-state index in [-0.39, 0.29) is 0 Å². The zero-order valence-electron chi connectivity index (χ0n) is 32.5. The number of benzene rings is 8. The van der Waals surface area contributed by atoms with Gasteiger partial charge in [-0.25, -0.2) is 9.97 Å². The fraction of sp³-hybridized carbons (Fsp3) is 0.0179. The van der Waals surface area contributed by atoms with Crippen molar-refractivity contribution in [2.75, 3.05) is 0 Å². The molecule has 0 unspecified atom stereocenters. The van der Waals surface area contributed by atoms with Crippen molar-refractivity contribution in [2.45, 2.75) is 15.2 Å². The summed E-state index contributed by atoms with van der Waals surface area (Å²) in [6.45, 7) is 0. The molecule has 1 aliphatic heterocycles. The number of hydrogen-bond donors (Lipinski definition) is 0. The number of aromatic nitrogens is 3. The summed E-state index contributed by atoms with van der Waals surface area (Å²) in [6, 6.07) is 74.3. The molecule has 10 aromatic rings. The number of nitrogens with zero attached hydrogens (tertiary/aromatic N) is 3. The monoisotopic (exact) mass is 781 g/mol. The molecule has 3 nitrogen and oxygen atoms in total. The Bertz CT molecular complexity index is 3180. The van der Waals surface area contributed by atoms with Crippen LogP contribution in [-0.2, 0) is 5.41 Å². The Morgan fingerprint density at radius 2 is 0.867 bits per heavy atom. The summed E-state index contributed by atoms with van der Waals surface area (Å²) in [5.41, 5.74) is 17.9. The van der Waals surface area contributed by atoms with Crippen LogP contribution in [0.5, 0.6) is 0 Å². The second-order valence-electron chi connectivity index (χ2n) is 15.5. The average Bonchev–Trinajstić information content (AvgIpc) is 3.62. The lowest BCUT2D eigenvalue weighted by Crippen LogP contribution is -2.32. The van der Waals surface area contributed by atoms with E-state index in [0.717, 1.165) is 39.0 Å². The second kappa shape index (κ2) is 13.9. The molecule has 3 heterocycles. The van der Waals surface area contributed by atoms with Gasteiger partial charge in [0.2, 0.25) is 0 Å². The van der Waals surface area contributed by atoms with Gasteiger partial charge < -0.3 is 0 Å². The Hall–Kier alpha value is -7.40. The van der Waals surface area contributed by atoms with Crippen LogP contribution in [0.25, 0.3) is 78.2 Å². The van der Waals surface area contributed by atoms with Crippen LogP contribution in [0.2, 0.25) is 0 Å². The van der Waals surface area contributed by atoms with Gasteiger partial charge in [0, 0.05) is 38.1 Å². The molecule has 0 atom stereocenters. The van der Waals surface area contributed by atoms with Crippen molar-refractivity contribution in [3.05, 3.63) is 235 Å². The quantitative estimate of drug-likeness (QED) is 0.174. The van der Waals surface area contributed by atoms with Crippen LogP contribution >= 0.6 is 11.8 Å². The smallest absolute Gasteiger partial charge is 0.160 e. The molecule has 0 radical (unpaired) electrons. The van der Waals surface area contributed by atoms with Crippen LogP contribution in [0.1, 0.15) is 22.3 Å². The third kappa shape index (κ3) is 5.28. The van der Waals surface area contributed by atoms with Gasteiger partial charge in [0.15, 0.2) is 5.82 Å². The topological polar surface area (TPSA) is 38.7 Å². The highest BCUT2D eigenvalue weighted by molar-refractivity contribution is 7.99. The van der Waals surface area contributed by atoms with Gasteiger partial charge in [-0.05, 0) is 73.8 Å². The van der Waals surface area contributed by atoms with E-state index >= 15 is 0 Å². The maximum absolute atomic E-state index is 5.38. The molecule has 280 valence electrons. The highest BCUT2D eigenvalue weighted by atomic mass is 32.2. The fourth-order valence-electron chi connectivity index (χ4n) is 9.61. The molecule has 0 amide bonds. The van der Waals surface area contributed by atoms with E-state index in [1.54, 1.807) is 0 Å². The summed E-state index contributed by atoms with van der Waals surface area (Å²) in [5.74, 6) is 0.708. The van der Waals surface area contributed by atoms with Crippen molar-refractivity contribution >= 4 is 22.7 Å². The van der Waals surface area contributed by atoms with Gasteiger partial charge in [-0.3, -0.25) is 4.98 Å². The van der Waals surface area contributed by atoms with Crippen molar-refractivity contribution in [2.24, 2.45) is 0 Å². The van der Waals surface area contributed by atoms with Gasteiger partial charge in [0.1, 0.15) is 0 Å². The highest BCUT2D eigenvalue weighted by Gasteiger charge is 2.51. The molecule has 1 spiro atoms. The maximum Gasteiger partial charge on any atom is 0.160 e. The Kier molecular flexibility index (Phi) is 8.00. The molecule has 60 heavy (non-hydrogen) atoms. The van der Waals surface area contributed by atoms with E-state index < -0.39 is 5.41 Å². The van der Waals surface area contributed by atoms with Gasteiger partial charge in [0.05, 0.1) is 22.3 Å². The standard InChI is InChI=1S/C56H35N3S/c1-3-15-38(16-4-1)51-35-52(59-55(58-51)39-17-5-2-6-18-39)45-23-14-27-49-54(45)60-53-41(37-31-29-36(30-32-37)40-33-34-57-50-28-12-9-21-44(40)50)22-13-26-48(53)56(49)46-24-10-7-19-42(46)43-20-8-11-25-47(43)56/h1-35H. The first kappa shape index (κ1) is 34.6. The minimum Gasteiger partial charge on any atom is -0.256 e. The first-order chi connectivity index (χ1) is 29.8. The van der Waals surface area contributed by atoms with E-state index in [9.17, 15) is 0 Å². The van der Waals surface area contributed by atoms with Crippen LogP contribution < -0.4 is 0 Å². The second-order valence-corrected chi connectivity index (χ2v) is 16.5. The summed E-state index contributed by atoms with van der Waals surface area (Å²) >= 11 is 1.87. The zero-order valence-corrected chi connectivity index (χ0v) is 33.3. The van der Waals surface area contributed by atoms with Crippen LogP contribution in [0.3, 0.4) is 0 Å². The first-order valence-corrected chi connectivity index (χ1v) is 21.2. The van der Waals surface area contributed by atoms with Gasteiger partial charge in [-0.1, -0.05) is 200 Å². The Labute approximate surface area is 353 Å². The lowest BCUT2D eigenvalue weighted by molar-refractivity contribution is 0.724. The molecule has 0 saturated heterocycles. The summed E-state index contributed by atoms with van der Waals surface area (Å²) < 4.78 is 0. The third-order valence-corrected chi connectivity index (χ3v) is 13.5. The lowest BCUT2D eigenvalue weighted by atomic mass is 9.66. The van der Waals surface area contributed by atoms with Crippen molar-refractivity contribution in [3.63, 3.8) is 0 Å². The van der Waals surface area contributed by atoms with Gasteiger partial charge >= 0.3 is 0 Å². The van der Waals surface area contributed by atoms with Crippen LogP contribution in [-0.4, -0.2) is 15.0 Å². The molecule has 1 aliphatic carbocycles. The van der Waals surface area contributed by atoms with Crippen molar-refractivity contribution in [1.29, 1.82) is 0 Å². The third-order valence-electron chi connectivity index (χ3n) is 12.3. The van der Waals surface area contributed by atoms with Crippen molar-refractivity contribution < 1.29 is 0 Å². The molecule has 12 rings (SSSR count). The molecule has 0 saturated carbocycles. The predicted molar refractivity (Wildman–Crippen MR) is 246 cm³/mol. The van der Waals surface area contributed by atoms with E-state index in [1.807, 2.05) is 36.2 Å². The van der Waals surface area contributed by atoms with E-state index in [0.29, 0.717) is 5.82 Å². The van der Waals surface area contributed by atoms with Crippen LogP contribution in [0.4, 0.5) is 0 Å². The SMILES string of the molecule is c1ccc(-c2cc(-c3cccc4c3Sc3c(-c5ccc(-c6ccnc7ccccc67)cc5)cccc3C43c4ccccc4-c4ccccc43)nc(-c3ccccc3)n2)cc1. The highest BCUT2D eigenvalue weighted by Crippen LogP contribution is 2.64. The predicted octanol–water partition coefficient (Wildman–Crippen LogP) is 14.2. The van der Waals surface area contributed by atoms with Crippen molar-refractivity contribution in [1.82, 2.24) is 15.0 Å². The molecular weight excluding hydrogens is 747 g/mol. The molecule has 2 aliphatic rings.